The highest BCUT2D eigenvalue weighted by atomic mass is 127. The Kier molecular flexibility index (Phi) is 9.23. The number of rotatable bonds is 7. The molecule has 1 unspecified atom stereocenters. The Morgan fingerprint density at radius 1 is 1.11 bits per heavy atom. The van der Waals surface area contributed by atoms with Crippen molar-refractivity contribution in [1.29, 1.82) is 0 Å². The van der Waals surface area contributed by atoms with Crippen LogP contribution in [0.3, 0.4) is 0 Å². The Morgan fingerprint density at radius 2 is 1.81 bits per heavy atom. The number of hydrogen-bond acceptors (Lipinski definition) is 6. The third-order valence-electron chi connectivity index (χ3n) is 5.43. The van der Waals surface area contributed by atoms with E-state index in [1.807, 2.05) is 42.5 Å². The number of carbonyl (C=O) groups is 3. The van der Waals surface area contributed by atoms with E-state index in [0.29, 0.717) is 27.1 Å². The lowest BCUT2D eigenvalue weighted by Gasteiger charge is -2.32. The molecule has 10 heteroatoms. The number of ether oxygens (including phenoxy) is 1. The highest BCUT2D eigenvalue weighted by Gasteiger charge is 2.36. The van der Waals surface area contributed by atoms with Gasteiger partial charge in [-0.15, -0.1) is 0 Å². The maximum Gasteiger partial charge on any atom is 0.338 e. The van der Waals surface area contributed by atoms with Gasteiger partial charge < -0.3 is 10.1 Å². The number of amides is 2. The molecule has 3 aromatic carbocycles. The average Bonchev–Trinajstić information content (AvgIpc) is 2.89. The van der Waals surface area contributed by atoms with Crippen LogP contribution in [0.5, 0.6) is 0 Å². The van der Waals surface area contributed by atoms with Crippen molar-refractivity contribution in [2.45, 2.75) is 25.1 Å². The maximum atomic E-state index is 13.3. The fourth-order valence-electron chi connectivity index (χ4n) is 3.55. The van der Waals surface area contributed by atoms with Gasteiger partial charge in [0.05, 0.1) is 24.4 Å². The molecule has 190 valence electrons. The van der Waals surface area contributed by atoms with Crippen molar-refractivity contribution in [1.82, 2.24) is 4.90 Å². The Hall–Kier alpha value is -2.89. The van der Waals surface area contributed by atoms with Crippen molar-refractivity contribution in [3.05, 3.63) is 92.5 Å². The van der Waals surface area contributed by atoms with Crippen LogP contribution in [0.2, 0.25) is 5.02 Å². The summed E-state index contributed by atoms with van der Waals surface area (Å²) in [5.41, 5.74) is 2.36. The number of nitrogens with zero attached hydrogens (tertiary/aromatic N) is 2. The Bertz CT molecular complexity index is 1330. The summed E-state index contributed by atoms with van der Waals surface area (Å²) < 4.78 is 6.09. The summed E-state index contributed by atoms with van der Waals surface area (Å²) in [7, 11) is 0. The standard InChI is InChI=1S/C27H23ClIN3O4S/c1-2-36-26(35)17-7-11-21(12-8-17)31-27-32(16-18-5-3-4-6-22(18)28)24(33)15-23(37-27)25(34)30-20-13-9-19(29)10-14-20/h3-14,23H,2,15-16H2,1H3,(H,30,34). The highest BCUT2D eigenvalue weighted by Crippen LogP contribution is 2.32. The van der Waals surface area contributed by atoms with Gasteiger partial charge in [0.1, 0.15) is 5.25 Å². The predicted molar refractivity (Wildman–Crippen MR) is 155 cm³/mol. The minimum Gasteiger partial charge on any atom is -0.462 e. The highest BCUT2D eigenvalue weighted by molar-refractivity contribution is 14.1. The van der Waals surface area contributed by atoms with Gasteiger partial charge in [0.25, 0.3) is 0 Å². The Morgan fingerprint density at radius 3 is 2.49 bits per heavy atom. The van der Waals surface area contributed by atoms with Gasteiger partial charge >= 0.3 is 5.97 Å². The summed E-state index contributed by atoms with van der Waals surface area (Å²) in [5, 5.41) is 3.14. The number of halogens is 2. The van der Waals surface area contributed by atoms with Crippen LogP contribution in [0.1, 0.15) is 29.3 Å². The van der Waals surface area contributed by atoms with E-state index in [9.17, 15) is 14.4 Å². The molecular formula is C27H23ClIN3O4S. The normalized spacial score (nSPS) is 16.5. The number of aliphatic imine (C=N–C) groups is 1. The molecule has 4 rings (SSSR count). The van der Waals surface area contributed by atoms with Crippen LogP contribution in [-0.4, -0.2) is 39.7 Å². The van der Waals surface area contributed by atoms with Gasteiger partial charge in [-0.25, -0.2) is 9.79 Å². The smallest absolute Gasteiger partial charge is 0.338 e. The van der Waals surface area contributed by atoms with Crippen molar-refractivity contribution in [3.63, 3.8) is 0 Å². The number of hydrogen-bond donors (Lipinski definition) is 1. The van der Waals surface area contributed by atoms with Crippen molar-refractivity contribution in [3.8, 4) is 0 Å². The summed E-state index contributed by atoms with van der Waals surface area (Å²) >= 11 is 9.77. The number of carbonyl (C=O) groups excluding carboxylic acids is 3. The maximum absolute atomic E-state index is 13.3. The molecule has 7 nitrogen and oxygen atoms in total. The molecular weight excluding hydrogens is 625 g/mol. The van der Waals surface area contributed by atoms with Crippen LogP contribution >= 0.6 is 46.0 Å². The summed E-state index contributed by atoms with van der Waals surface area (Å²) in [6, 6.07) is 21.3. The first-order valence-corrected chi connectivity index (χ1v) is 13.8. The zero-order valence-electron chi connectivity index (χ0n) is 19.8. The monoisotopic (exact) mass is 647 g/mol. The SMILES string of the molecule is CCOC(=O)c1ccc(N=C2SC(C(=O)Nc3ccc(I)cc3)CC(=O)N2Cc2ccccc2Cl)cc1. The number of anilines is 1. The van der Waals surface area contributed by atoms with Crippen molar-refractivity contribution in [2.75, 3.05) is 11.9 Å². The van der Waals surface area contributed by atoms with Crippen LogP contribution in [0.4, 0.5) is 11.4 Å². The molecule has 0 spiro atoms. The summed E-state index contributed by atoms with van der Waals surface area (Å²) in [6.45, 7) is 2.25. The van der Waals surface area contributed by atoms with Gasteiger partial charge in [0, 0.05) is 20.7 Å². The first-order valence-electron chi connectivity index (χ1n) is 11.5. The van der Waals surface area contributed by atoms with E-state index >= 15 is 0 Å². The zero-order chi connectivity index (χ0) is 26.4. The lowest BCUT2D eigenvalue weighted by Crippen LogP contribution is -2.44. The summed E-state index contributed by atoms with van der Waals surface area (Å²) in [4.78, 5) is 44.6. The minimum atomic E-state index is -0.660. The molecule has 1 saturated heterocycles. The Balaban J connectivity index is 1.61. The fourth-order valence-corrected chi connectivity index (χ4v) is 5.20. The van der Waals surface area contributed by atoms with E-state index in [4.69, 9.17) is 16.3 Å². The van der Waals surface area contributed by atoms with Crippen LogP contribution in [0.15, 0.2) is 77.8 Å². The third-order valence-corrected chi connectivity index (χ3v) is 7.71. The summed E-state index contributed by atoms with van der Waals surface area (Å²) in [6.07, 6.45) is 0.0200. The number of thioether (sulfide) groups is 1. The van der Waals surface area contributed by atoms with Gasteiger partial charge in [-0.1, -0.05) is 41.6 Å². The molecule has 0 bridgehead atoms. The quantitative estimate of drug-likeness (QED) is 0.241. The van der Waals surface area contributed by atoms with Crippen molar-refractivity contribution < 1.29 is 19.1 Å². The number of benzene rings is 3. The molecule has 0 aromatic heterocycles. The molecule has 0 saturated carbocycles. The molecule has 0 radical (unpaired) electrons. The molecule has 1 aliphatic rings. The van der Waals surface area contributed by atoms with Crippen LogP contribution in [0.25, 0.3) is 0 Å². The second kappa shape index (κ2) is 12.6. The first-order chi connectivity index (χ1) is 17.8. The molecule has 1 heterocycles. The lowest BCUT2D eigenvalue weighted by atomic mass is 10.2. The lowest BCUT2D eigenvalue weighted by molar-refractivity contribution is -0.129. The van der Waals surface area contributed by atoms with E-state index in [0.717, 1.165) is 9.13 Å². The molecule has 1 atom stereocenters. The van der Waals surface area contributed by atoms with Crippen LogP contribution in [-0.2, 0) is 20.9 Å². The second-order valence-electron chi connectivity index (χ2n) is 8.04. The van der Waals surface area contributed by atoms with E-state index < -0.39 is 11.2 Å². The molecule has 2 amide bonds. The second-order valence-corrected chi connectivity index (χ2v) is 10.9. The number of amidine groups is 1. The molecule has 1 N–H and O–H groups in total. The van der Waals surface area contributed by atoms with E-state index in [1.54, 1.807) is 42.2 Å². The molecule has 1 aliphatic heterocycles. The van der Waals surface area contributed by atoms with Gasteiger partial charge in [0.15, 0.2) is 5.17 Å². The van der Waals surface area contributed by atoms with E-state index in [2.05, 4.69) is 32.9 Å². The minimum absolute atomic E-state index is 0.0200. The average molecular weight is 648 g/mol. The molecule has 37 heavy (non-hydrogen) atoms. The molecule has 3 aromatic rings. The topological polar surface area (TPSA) is 88.1 Å². The van der Waals surface area contributed by atoms with Crippen LogP contribution in [0, 0.1) is 3.57 Å². The fraction of sp³-hybridized carbons (Fsp3) is 0.185. The van der Waals surface area contributed by atoms with E-state index in [-0.39, 0.29) is 31.4 Å². The zero-order valence-corrected chi connectivity index (χ0v) is 23.5. The molecule has 1 fully saturated rings. The van der Waals surface area contributed by atoms with Gasteiger partial charge in [-0.3, -0.25) is 14.5 Å². The van der Waals surface area contributed by atoms with Crippen molar-refractivity contribution >= 4 is 80.3 Å². The van der Waals surface area contributed by atoms with Crippen molar-refractivity contribution in [2.24, 2.45) is 4.99 Å². The summed E-state index contributed by atoms with van der Waals surface area (Å²) in [5.74, 6) is -0.928. The predicted octanol–water partition coefficient (Wildman–Crippen LogP) is 6.28. The largest absolute Gasteiger partial charge is 0.462 e. The first kappa shape index (κ1) is 27.2. The number of esters is 1. The van der Waals surface area contributed by atoms with E-state index in [1.165, 1.54) is 11.8 Å². The van der Waals surface area contributed by atoms with Gasteiger partial charge in [0.2, 0.25) is 11.8 Å². The molecule has 0 aliphatic carbocycles. The van der Waals surface area contributed by atoms with Crippen LogP contribution < -0.4 is 5.32 Å². The van der Waals surface area contributed by atoms with Gasteiger partial charge in [-0.2, -0.15) is 0 Å². The van der Waals surface area contributed by atoms with Gasteiger partial charge in [-0.05, 0) is 89.7 Å². The Labute approximate surface area is 237 Å². The number of nitrogens with one attached hydrogen (secondary N) is 1. The third kappa shape index (κ3) is 7.12.